The molecule has 0 spiro atoms. The van der Waals surface area contributed by atoms with E-state index in [0.717, 1.165) is 11.0 Å². The zero-order chi connectivity index (χ0) is 7.84. The normalized spacial score (nSPS) is 10.7. The Morgan fingerprint density at radius 3 is 2.91 bits per heavy atom. The Bertz CT molecular complexity index is 394. The van der Waals surface area contributed by atoms with Crippen molar-refractivity contribution in [2.75, 3.05) is 0 Å². The molecule has 0 saturated carbocycles. The molecule has 0 atom stereocenters. The fourth-order valence-electron chi connectivity index (χ4n) is 0.990. The lowest BCUT2D eigenvalue weighted by molar-refractivity contribution is 1.25. The van der Waals surface area contributed by atoms with Crippen LogP contribution in [-0.4, -0.2) is 9.07 Å². The van der Waals surface area contributed by atoms with Gasteiger partial charge in [0, 0.05) is 11.8 Å². The van der Waals surface area contributed by atoms with E-state index in [4.69, 9.17) is 23.4 Å². The van der Waals surface area contributed by atoms with Crippen molar-refractivity contribution in [3.8, 4) is 0 Å². The molecule has 4 heteroatoms. The van der Waals surface area contributed by atoms with Gasteiger partial charge >= 0.3 is 0 Å². The topological polar surface area (TPSA) is 17.8 Å². The summed E-state index contributed by atoms with van der Waals surface area (Å²) >= 11 is 11.6. The zero-order valence-corrected chi connectivity index (χ0v) is 6.97. The molecule has 2 nitrogen and oxygen atoms in total. The van der Waals surface area contributed by atoms with Gasteiger partial charge in [0.25, 0.3) is 0 Å². The van der Waals surface area contributed by atoms with Crippen LogP contribution in [0, 0.1) is 0 Å². The predicted molar refractivity (Wildman–Crippen MR) is 46.0 cm³/mol. The van der Waals surface area contributed by atoms with E-state index < -0.39 is 0 Å². The minimum atomic E-state index is 0.620. The molecule has 2 aromatic rings. The number of nitrogens with zero attached hydrogens (tertiary/aromatic N) is 2. The van der Waals surface area contributed by atoms with Crippen molar-refractivity contribution in [2.24, 2.45) is 0 Å². The highest BCUT2D eigenvalue weighted by Crippen LogP contribution is 2.22. The molecule has 0 N–H and O–H groups in total. The second kappa shape index (κ2) is 2.40. The summed E-state index contributed by atoms with van der Waals surface area (Å²) in [5, 5.41) is 0.620. The van der Waals surface area contributed by atoms with Gasteiger partial charge in [0.05, 0.1) is 10.5 Å². The van der Waals surface area contributed by atoms with Gasteiger partial charge in [0.2, 0.25) is 0 Å². The summed E-state index contributed by atoms with van der Waals surface area (Å²) in [5.74, 6) is 0. The third-order valence-electron chi connectivity index (χ3n) is 1.48. The third kappa shape index (κ3) is 0.988. The maximum absolute atomic E-state index is 5.86. The van der Waals surface area contributed by atoms with Gasteiger partial charge in [0.1, 0.15) is 11.8 Å². The molecule has 2 rings (SSSR count). The minimum Gasteiger partial charge on any atom is -0.239 e. The molecule has 1 aromatic heterocycles. The lowest BCUT2D eigenvalue weighted by atomic mass is 10.3. The van der Waals surface area contributed by atoms with E-state index in [1.54, 1.807) is 6.07 Å². The molecule has 0 aliphatic carbocycles. The molecule has 0 aliphatic rings. The summed E-state index contributed by atoms with van der Waals surface area (Å²) in [7, 11) is 0. The molecule has 1 heterocycles. The molecule has 0 bridgehead atoms. The van der Waals surface area contributed by atoms with Crippen LogP contribution in [0.3, 0.4) is 0 Å². The number of imidazole rings is 1. The first kappa shape index (κ1) is 6.95. The number of benzene rings is 1. The van der Waals surface area contributed by atoms with E-state index in [0.29, 0.717) is 5.02 Å². The lowest BCUT2D eigenvalue weighted by Crippen LogP contribution is -1.76. The molecular formula is C7H4Cl2N2. The maximum Gasteiger partial charge on any atom is 0.111 e. The van der Waals surface area contributed by atoms with Crippen LogP contribution in [0.1, 0.15) is 0 Å². The summed E-state index contributed by atoms with van der Waals surface area (Å²) < 4.78 is 1.39. The first-order chi connectivity index (χ1) is 5.29. The van der Waals surface area contributed by atoms with Crippen molar-refractivity contribution in [3.63, 3.8) is 0 Å². The minimum absolute atomic E-state index is 0.620. The Labute approximate surface area is 73.5 Å². The van der Waals surface area contributed by atoms with Gasteiger partial charge in [-0.3, -0.25) is 0 Å². The first-order valence-corrected chi connectivity index (χ1v) is 3.78. The van der Waals surface area contributed by atoms with Gasteiger partial charge in [-0.05, 0) is 12.1 Å². The molecule has 0 radical (unpaired) electrons. The highest BCUT2D eigenvalue weighted by molar-refractivity contribution is 6.36. The van der Waals surface area contributed by atoms with Gasteiger partial charge < -0.3 is 0 Å². The van der Waals surface area contributed by atoms with E-state index in [9.17, 15) is 0 Å². The molecule has 0 unspecified atom stereocenters. The van der Waals surface area contributed by atoms with Crippen LogP contribution >= 0.6 is 23.4 Å². The summed E-state index contributed by atoms with van der Waals surface area (Å²) in [6.45, 7) is 0. The molecule has 0 fully saturated rings. The Morgan fingerprint density at radius 1 is 1.36 bits per heavy atom. The molecule has 56 valence electrons. The lowest BCUT2D eigenvalue weighted by Gasteiger charge is -1.92. The average Bonchev–Trinajstić information content (AvgIpc) is 2.34. The van der Waals surface area contributed by atoms with Crippen molar-refractivity contribution in [3.05, 3.63) is 29.5 Å². The maximum atomic E-state index is 5.86. The quantitative estimate of drug-likeness (QED) is 0.619. The Kier molecular flexibility index (Phi) is 1.51. The molecular weight excluding hydrogens is 183 g/mol. The second-order valence-corrected chi connectivity index (χ2v) is 2.93. The first-order valence-electron chi connectivity index (χ1n) is 3.07. The molecule has 1 aromatic carbocycles. The highest BCUT2D eigenvalue weighted by atomic mass is 35.5. The van der Waals surface area contributed by atoms with Crippen molar-refractivity contribution < 1.29 is 0 Å². The van der Waals surface area contributed by atoms with Crippen LogP contribution in [0.2, 0.25) is 5.02 Å². The van der Waals surface area contributed by atoms with E-state index in [1.807, 2.05) is 12.1 Å². The van der Waals surface area contributed by atoms with Crippen molar-refractivity contribution in [1.29, 1.82) is 0 Å². The van der Waals surface area contributed by atoms with Crippen LogP contribution in [0.15, 0.2) is 24.5 Å². The zero-order valence-electron chi connectivity index (χ0n) is 5.46. The molecule has 0 aliphatic heterocycles. The second-order valence-electron chi connectivity index (χ2n) is 2.16. The number of hydrogen-bond donors (Lipinski definition) is 0. The monoisotopic (exact) mass is 186 g/mol. The molecule has 0 amide bonds. The van der Waals surface area contributed by atoms with Gasteiger partial charge in [0.15, 0.2) is 0 Å². The fraction of sp³-hybridized carbons (Fsp3) is 0. The van der Waals surface area contributed by atoms with Crippen LogP contribution < -0.4 is 0 Å². The van der Waals surface area contributed by atoms with Gasteiger partial charge in [-0.25, -0.2) is 9.07 Å². The number of fused-ring (bicyclic) bond motifs is 1. The predicted octanol–water partition coefficient (Wildman–Crippen LogP) is 2.69. The van der Waals surface area contributed by atoms with Gasteiger partial charge in [-0.1, -0.05) is 17.7 Å². The van der Waals surface area contributed by atoms with E-state index in [1.165, 1.54) is 10.4 Å². The average molecular weight is 187 g/mol. The number of halogens is 2. The smallest absolute Gasteiger partial charge is 0.111 e. The van der Waals surface area contributed by atoms with Crippen molar-refractivity contribution >= 4 is 34.4 Å². The van der Waals surface area contributed by atoms with Gasteiger partial charge in [-0.2, -0.15) is 0 Å². The molecule has 11 heavy (non-hydrogen) atoms. The third-order valence-corrected chi connectivity index (χ3v) is 2.04. The fourth-order valence-corrected chi connectivity index (χ4v) is 1.52. The Morgan fingerprint density at radius 2 is 2.18 bits per heavy atom. The standard InChI is InChI=1S/C7H4Cl2N2/c8-5-2-1-3-6-7(5)11(9)4-10-6/h1-4H. The van der Waals surface area contributed by atoms with E-state index in [-0.39, 0.29) is 0 Å². The SMILES string of the molecule is Clc1cccc2ncn(Cl)c12. The Balaban J connectivity index is 2.96. The Hall–Kier alpha value is -0.730. The van der Waals surface area contributed by atoms with Crippen LogP contribution in [0.25, 0.3) is 11.0 Å². The van der Waals surface area contributed by atoms with Crippen LogP contribution in [0.5, 0.6) is 0 Å². The number of rotatable bonds is 0. The largest absolute Gasteiger partial charge is 0.239 e. The summed E-state index contributed by atoms with van der Waals surface area (Å²) in [4.78, 5) is 4.03. The van der Waals surface area contributed by atoms with Crippen LogP contribution in [0.4, 0.5) is 0 Å². The van der Waals surface area contributed by atoms with E-state index in [2.05, 4.69) is 4.98 Å². The highest BCUT2D eigenvalue weighted by Gasteiger charge is 2.03. The van der Waals surface area contributed by atoms with Gasteiger partial charge in [-0.15, -0.1) is 0 Å². The van der Waals surface area contributed by atoms with Crippen molar-refractivity contribution in [2.45, 2.75) is 0 Å². The number of aromatic nitrogens is 2. The molecule has 0 saturated heterocycles. The van der Waals surface area contributed by atoms with Crippen molar-refractivity contribution in [1.82, 2.24) is 9.07 Å². The number of para-hydroxylation sites is 1. The van der Waals surface area contributed by atoms with E-state index >= 15 is 0 Å². The van der Waals surface area contributed by atoms with Crippen LogP contribution in [-0.2, 0) is 0 Å². The number of hydrogen-bond acceptors (Lipinski definition) is 1. The summed E-state index contributed by atoms with van der Waals surface area (Å²) in [5.41, 5.74) is 1.57. The summed E-state index contributed by atoms with van der Waals surface area (Å²) in [6.07, 6.45) is 1.53. The summed E-state index contributed by atoms with van der Waals surface area (Å²) in [6, 6.07) is 5.49.